The first-order valence-corrected chi connectivity index (χ1v) is 23.4. The van der Waals surface area contributed by atoms with Crippen molar-refractivity contribution >= 4 is 44.6 Å². The maximum atomic E-state index is 14.9. The average molecular weight is 856 g/mol. The number of amides is 4. The molecule has 0 unspecified atom stereocenters. The van der Waals surface area contributed by atoms with E-state index in [1.807, 2.05) is 65.0 Å². The molecule has 3 N–H and O–H groups in total. The highest BCUT2D eigenvalue weighted by Gasteiger charge is 2.63. The van der Waals surface area contributed by atoms with Gasteiger partial charge in [-0.25, -0.2) is 18.2 Å². The lowest BCUT2D eigenvalue weighted by molar-refractivity contribution is -0.142. The molecular formula is C45H69N5O9S. The summed E-state index contributed by atoms with van der Waals surface area (Å²) in [5, 5.41) is 7.33. The summed E-state index contributed by atoms with van der Waals surface area (Å²) in [4.78, 5) is 62.8. The number of alkyl carbamates (subject to hydrolysis) is 1. The number of aromatic nitrogens is 1. The van der Waals surface area contributed by atoms with E-state index in [-0.39, 0.29) is 31.2 Å². The Morgan fingerprint density at radius 2 is 1.75 bits per heavy atom. The zero-order chi connectivity index (χ0) is 44.6. The summed E-state index contributed by atoms with van der Waals surface area (Å²) in [6, 6.07) is 5.16. The summed E-state index contributed by atoms with van der Waals surface area (Å²) in [5.41, 5.74) is -2.35. The molecule has 0 spiro atoms. The molecule has 334 valence electrons. The number of carbonyl (C=O) groups excluding carboxylic acids is 4. The van der Waals surface area contributed by atoms with E-state index < -0.39 is 73.8 Å². The van der Waals surface area contributed by atoms with Crippen molar-refractivity contribution < 1.29 is 41.8 Å². The van der Waals surface area contributed by atoms with E-state index in [4.69, 9.17) is 14.2 Å². The van der Waals surface area contributed by atoms with Gasteiger partial charge in [0.2, 0.25) is 27.7 Å². The van der Waals surface area contributed by atoms with E-state index >= 15 is 0 Å². The molecular weight excluding hydrogens is 787 g/mol. The fourth-order valence-electron chi connectivity index (χ4n) is 8.25. The van der Waals surface area contributed by atoms with Crippen LogP contribution in [0.25, 0.3) is 10.8 Å². The van der Waals surface area contributed by atoms with Gasteiger partial charge in [0.25, 0.3) is 5.91 Å². The molecule has 0 radical (unpaired) electrons. The van der Waals surface area contributed by atoms with E-state index in [2.05, 4.69) is 27.3 Å². The Morgan fingerprint density at radius 1 is 1.05 bits per heavy atom. The number of ether oxygens (including phenoxy) is 3. The van der Waals surface area contributed by atoms with Gasteiger partial charge in [0, 0.05) is 23.9 Å². The first-order valence-electron chi connectivity index (χ1n) is 21.9. The van der Waals surface area contributed by atoms with Crippen LogP contribution in [-0.4, -0.2) is 89.8 Å². The zero-order valence-corrected chi connectivity index (χ0v) is 38.4. The Kier molecular flexibility index (Phi) is 16.1. The quantitative estimate of drug-likeness (QED) is 0.218. The van der Waals surface area contributed by atoms with Gasteiger partial charge in [-0.15, -0.1) is 0 Å². The summed E-state index contributed by atoms with van der Waals surface area (Å²) < 4.78 is 45.7. The normalized spacial score (nSPS) is 27.9. The number of rotatable bonds is 9. The van der Waals surface area contributed by atoms with Crippen LogP contribution in [0.5, 0.6) is 11.6 Å². The smallest absolute Gasteiger partial charge is 0.408 e. The van der Waals surface area contributed by atoms with Crippen molar-refractivity contribution in [1.29, 1.82) is 0 Å². The number of sulfonamides is 1. The minimum Gasteiger partial charge on any atom is -0.497 e. The van der Waals surface area contributed by atoms with E-state index in [9.17, 15) is 27.6 Å². The Hall–Kier alpha value is -4.40. The lowest BCUT2D eigenvalue weighted by atomic mass is 9.85. The van der Waals surface area contributed by atoms with Crippen molar-refractivity contribution in [2.24, 2.45) is 17.8 Å². The summed E-state index contributed by atoms with van der Waals surface area (Å²) in [7, 11) is -2.43. The lowest BCUT2D eigenvalue weighted by Gasteiger charge is -2.34. The molecule has 4 amide bonds. The number of nitrogens with one attached hydrogen (secondary N) is 3. The van der Waals surface area contributed by atoms with Gasteiger partial charge in [-0.2, -0.15) is 0 Å². The predicted molar refractivity (Wildman–Crippen MR) is 233 cm³/mol. The summed E-state index contributed by atoms with van der Waals surface area (Å²) in [5.74, 6) is -1.48. The van der Waals surface area contributed by atoms with E-state index in [1.165, 1.54) is 4.90 Å². The first-order chi connectivity index (χ1) is 28.4. The van der Waals surface area contributed by atoms with Crippen molar-refractivity contribution in [3.63, 3.8) is 0 Å². The van der Waals surface area contributed by atoms with Crippen LogP contribution in [0, 0.1) is 17.8 Å². The fraction of sp³-hybridized carbons (Fsp3) is 0.667. The Morgan fingerprint density at radius 3 is 2.37 bits per heavy atom. The number of allylic oxidation sites excluding steroid dienone is 1. The molecule has 3 fully saturated rings. The number of nitrogens with zero attached hydrogens (tertiary/aromatic N) is 2. The largest absolute Gasteiger partial charge is 0.497 e. The molecule has 15 heteroatoms. The number of benzene rings is 1. The van der Waals surface area contributed by atoms with E-state index in [1.54, 1.807) is 47.1 Å². The van der Waals surface area contributed by atoms with Crippen molar-refractivity contribution in [1.82, 2.24) is 25.2 Å². The maximum Gasteiger partial charge on any atom is 0.408 e. The molecule has 7 atom stereocenters. The summed E-state index contributed by atoms with van der Waals surface area (Å²) in [6.07, 6.45) is 8.22. The molecule has 1 aromatic carbocycles. The molecule has 14 nitrogen and oxygen atoms in total. The standard InChI is InChI=1S/C41H57N5O9S.2C2H6/c1-8-26-20-25(3)12-10-11-13-28-23-41(28,37(49)45-56(51,52)40(9-2)17-18-40)44-34(47)32-22-30(24-46(32)36(48)33(26)43-38(50)55-39(4,5)6)54-35-31-15-14-29(53-7)21-27(31)16-19-42-35;2*1-2/h11,13-16,19,21,25-26,28,30,32-33H,8-10,12,17-18,20,22-24H2,1-7H3,(H,43,50)(H,44,47)(H,45,49);2*1-2H3/b13-11-;;/t25-,26-,28-,30-,32+,33+,41-;;/m1../s1. The van der Waals surface area contributed by atoms with Gasteiger partial charge in [0.15, 0.2) is 0 Å². The number of hydrogen-bond donors (Lipinski definition) is 3. The molecule has 3 heterocycles. The van der Waals surface area contributed by atoms with Crippen LogP contribution in [0.4, 0.5) is 4.79 Å². The number of hydrogen-bond acceptors (Lipinski definition) is 10. The lowest BCUT2D eigenvalue weighted by Crippen LogP contribution is -2.59. The third-order valence-electron chi connectivity index (χ3n) is 11.9. The van der Waals surface area contributed by atoms with Gasteiger partial charge >= 0.3 is 6.09 Å². The van der Waals surface area contributed by atoms with Crippen LogP contribution in [0.3, 0.4) is 0 Å². The van der Waals surface area contributed by atoms with Crippen molar-refractivity contribution in [3.8, 4) is 11.6 Å². The van der Waals surface area contributed by atoms with Crippen molar-refractivity contribution in [2.75, 3.05) is 13.7 Å². The molecule has 2 aromatic rings. The number of methoxy groups -OCH3 is 1. The molecule has 2 aliphatic heterocycles. The van der Waals surface area contributed by atoms with Gasteiger partial charge in [-0.3, -0.25) is 19.1 Å². The van der Waals surface area contributed by atoms with Crippen LogP contribution in [0.2, 0.25) is 0 Å². The Labute approximate surface area is 357 Å². The van der Waals surface area contributed by atoms with E-state index in [0.29, 0.717) is 55.5 Å². The molecule has 2 saturated carbocycles. The minimum atomic E-state index is -4.01. The van der Waals surface area contributed by atoms with Gasteiger partial charge in [-0.1, -0.05) is 67.0 Å². The Bertz CT molecular complexity index is 1980. The second-order valence-electron chi connectivity index (χ2n) is 17.1. The van der Waals surface area contributed by atoms with Crippen LogP contribution in [0.15, 0.2) is 42.6 Å². The molecule has 1 aromatic heterocycles. The van der Waals surface area contributed by atoms with Crippen LogP contribution >= 0.6 is 0 Å². The zero-order valence-electron chi connectivity index (χ0n) is 37.6. The number of fused-ring (bicyclic) bond motifs is 3. The third kappa shape index (κ3) is 10.9. The highest BCUT2D eigenvalue weighted by Crippen LogP contribution is 2.49. The van der Waals surface area contributed by atoms with Crippen LogP contribution < -0.4 is 24.8 Å². The number of carbonyl (C=O) groups is 4. The molecule has 1 saturated heterocycles. The maximum absolute atomic E-state index is 14.9. The summed E-state index contributed by atoms with van der Waals surface area (Å²) in [6.45, 7) is 19.1. The van der Waals surface area contributed by atoms with E-state index in [0.717, 1.165) is 11.8 Å². The van der Waals surface area contributed by atoms with Crippen molar-refractivity contribution in [2.45, 2.75) is 161 Å². The first kappa shape index (κ1) is 48.3. The van der Waals surface area contributed by atoms with Gasteiger partial charge in [0.05, 0.1) is 18.4 Å². The van der Waals surface area contributed by atoms with Gasteiger partial charge < -0.3 is 29.7 Å². The second-order valence-corrected chi connectivity index (χ2v) is 19.1. The number of pyridine rings is 1. The third-order valence-corrected chi connectivity index (χ3v) is 14.2. The van der Waals surface area contributed by atoms with Gasteiger partial charge in [-0.05, 0) is 107 Å². The van der Waals surface area contributed by atoms with Crippen LogP contribution in [-0.2, 0) is 29.1 Å². The minimum absolute atomic E-state index is 0.0143. The SMILES string of the molecule is CC.CC.CC[C@@H]1C[C@H](C)CC/C=C\[C@@H]2C[C@@]2(C(=O)NS(=O)(=O)C2(CC)CC2)NC(=O)[C@@H]2C[C@@H](Oc3nccc4cc(OC)ccc34)CN2C(=O)[C@H]1NC(=O)OC(C)(C)C. The molecule has 6 rings (SSSR count). The molecule has 4 aliphatic rings. The topological polar surface area (TPSA) is 182 Å². The second kappa shape index (κ2) is 20.0. The van der Waals surface area contributed by atoms with Crippen molar-refractivity contribution in [3.05, 3.63) is 42.6 Å². The predicted octanol–water partition coefficient (Wildman–Crippen LogP) is 7.20. The molecule has 0 bridgehead atoms. The average Bonchev–Trinajstić information content (AvgIpc) is 4.12. The van der Waals surface area contributed by atoms with Gasteiger partial charge in [0.1, 0.15) is 35.1 Å². The fourth-order valence-corrected chi connectivity index (χ4v) is 9.91. The highest BCUT2D eigenvalue weighted by molar-refractivity contribution is 7.91. The summed E-state index contributed by atoms with van der Waals surface area (Å²) >= 11 is 0. The highest BCUT2D eigenvalue weighted by atomic mass is 32.2. The monoisotopic (exact) mass is 855 g/mol. The van der Waals surface area contributed by atoms with Crippen LogP contribution in [0.1, 0.15) is 127 Å². The molecule has 2 aliphatic carbocycles. The Balaban J connectivity index is 0.00000193. The molecule has 60 heavy (non-hydrogen) atoms.